The number of anilines is 1. The van der Waals surface area contributed by atoms with Gasteiger partial charge in [-0.3, -0.25) is 28.2 Å². The van der Waals surface area contributed by atoms with Crippen LogP contribution in [0.5, 0.6) is 17.5 Å². The maximum atomic E-state index is 13.3. The Morgan fingerprint density at radius 1 is 0.956 bits per heavy atom. The summed E-state index contributed by atoms with van der Waals surface area (Å²) in [6.45, 7) is 0.0962. The number of amides is 1. The van der Waals surface area contributed by atoms with Crippen molar-refractivity contribution < 1.29 is 14.3 Å². The van der Waals surface area contributed by atoms with Gasteiger partial charge < -0.3 is 9.47 Å². The van der Waals surface area contributed by atoms with Crippen LogP contribution in [0.4, 0.5) is 5.69 Å². The van der Waals surface area contributed by atoms with Crippen molar-refractivity contribution in [1.29, 1.82) is 0 Å². The highest BCUT2D eigenvalue weighted by Crippen LogP contribution is 2.38. The number of thioether (sulfide) groups is 1. The summed E-state index contributed by atoms with van der Waals surface area (Å²) < 4.78 is 16.1. The second-order valence-corrected chi connectivity index (χ2v) is 12.5. The quantitative estimate of drug-likeness (QED) is 0.153. The second kappa shape index (κ2) is 12.2. The number of ether oxygens (including phenoxy) is 2. The lowest BCUT2D eigenvalue weighted by atomic mass is 10.2. The number of carbonyl (C=O) groups is 1. The van der Waals surface area contributed by atoms with Crippen molar-refractivity contribution >= 4 is 80.3 Å². The number of aryl methyl sites for hydroxylation is 1. The van der Waals surface area contributed by atoms with Crippen molar-refractivity contribution in [3.05, 3.63) is 114 Å². The lowest BCUT2D eigenvalue weighted by Crippen LogP contribution is -2.37. The van der Waals surface area contributed by atoms with E-state index in [1.54, 1.807) is 47.0 Å². The highest BCUT2D eigenvalue weighted by atomic mass is 35.5. The predicted molar refractivity (Wildman–Crippen MR) is 181 cm³/mol. The first-order valence-corrected chi connectivity index (χ1v) is 15.3. The lowest BCUT2D eigenvalue weighted by Gasteiger charge is -2.14. The van der Waals surface area contributed by atoms with Crippen LogP contribution in [-0.2, 0) is 25.4 Å². The molecule has 0 spiro atoms. The Labute approximate surface area is 276 Å². The average molecular weight is 681 g/mol. The molecule has 10 nitrogen and oxygen atoms in total. The van der Waals surface area contributed by atoms with E-state index in [1.807, 2.05) is 30.3 Å². The number of thiocarbonyl (C=S) groups is 1. The number of hydrogen-bond acceptors (Lipinski definition) is 8. The number of fused-ring (bicyclic) bond motifs is 1. The zero-order valence-electron chi connectivity index (χ0n) is 24.0. The van der Waals surface area contributed by atoms with E-state index in [1.165, 1.54) is 42.4 Å². The van der Waals surface area contributed by atoms with Crippen molar-refractivity contribution in [2.45, 2.75) is 6.54 Å². The number of imidazole rings is 1. The van der Waals surface area contributed by atoms with Gasteiger partial charge in [-0.05, 0) is 53.6 Å². The van der Waals surface area contributed by atoms with Gasteiger partial charge in [-0.15, -0.1) is 0 Å². The lowest BCUT2D eigenvalue weighted by molar-refractivity contribution is -0.113. The summed E-state index contributed by atoms with van der Waals surface area (Å²) in [4.78, 5) is 45.7. The van der Waals surface area contributed by atoms with E-state index in [0.29, 0.717) is 41.8 Å². The highest BCUT2D eigenvalue weighted by Gasteiger charge is 2.33. The van der Waals surface area contributed by atoms with E-state index < -0.39 is 11.2 Å². The molecule has 45 heavy (non-hydrogen) atoms. The fraction of sp³-hybridized carbons (Fsp3) is 0.129. The molecule has 0 unspecified atom stereocenters. The largest absolute Gasteiger partial charge is 0.493 e. The second-order valence-electron chi connectivity index (χ2n) is 9.96. The molecule has 3 aromatic carbocycles. The molecule has 1 aliphatic heterocycles. The summed E-state index contributed by atoms with van der Waals surface area (Å²) in [6.07, 6.45) is 1.73. The predicted octanol–water partition coefficient (Wildman–Crippen LogP) is 6.00. The molecule has 228 valence electrons. The number of rotatable bonds is 7. The highest BCUT2D eigenvalue weighted by molar-refractivity contribution is 8.27. The van der Waals surface area contributed by atoms with Crippen molar-refractivity contribution in [3.8, 4) is 17.5 Å². The van der Waals surface area contributed by atoms with Crippen LogP contribution >= 0.6 is 47.2 Å². The van der Waals surface area contributed by atoms with Gasteiger partial charge in [0.15, 0.2) is 27.0 Å². The molecule has 14 heteroatoms. The molecule has 1 aliphatic rings. The number of carbonyl (C=O) groups excluding carboxylic acids is 1. The van der Waals surface area contributed by atoms with E-state index in [4.69, 9.17) is 44.9 Å². The summed E-state index contributed by atoms with van der Waals surface area (Å²) >= 11 is 19.3. The van der Waals surface area contributed by atoms with Crippen LogP contribution < -0.4 is 25.6 Å². The molecular weight excluding hydrogens is 657 g/mol. The molecule has 0 saturated carbocycles. The number of hydrogen-bond donors (Lipinski definition) is 0. The van der Waals surface area contributed by atoms with Crippen LogP contribution in [0.1, 0.15) is 11.1 Å². The van der Waals surface area contributed by atoms with Gasteiger partial charge in [0.2, 0.25) is 0 Å². The fourth-order valence-electron chi connectivity index (χ4n) is 4.85. The van der Waals surface area contributed by atoms with Crippen LogP contribution in [0.2, 0.25) is 10.0 Å². The number of methoxy groups -OCH3 is 1. The SMILES string of the molecule is COc1cc(/C=C2\SC(=S)N(c3ccccc3)C2=O)ccc1Oc1nc2c(c(=O)n(C)c(=O)n2C)n1Cc1ccc(Cl)cc1Cl. The maximum absolute atomic E-state index is 13.3. The van der Waals surface area contributed by atoms with Gasteiger partial charge in [-0.25, -0.2) is 4.79 Å². The minimum atomic E-state index is -0.546. The van der Waals surface area contributed by atoms with Crippen LogP contribution in [-0.4, -0.2) is 36.0 Å². The molecule has 1 fully saturated rings. The number of halogens is 2. The first-order valence-electron chi connectivity index (χ1n) is 13.4. The molecule has 3 heterocycles. The first kappa shape index (κ1) is 30.7. The Morgan fingerprint density at radius 3 is 2.42 bits per heavy atom. The molecule has 5 aromatic rings. The molecule has 0 bridgehead atoms. The van der Waals surface area contributed by atoms with E-state index in [-0.39, 0.29) is 35.4 Å². The number of para-hydroxylation sites is 1. The van der Waals surface area contributed by atoms with Gasteiger partial charge >= 0.3 is 11.7 Å². The average Bonchev–Trinajstić information content (AvgIpc) is 3.52. The first-order chi connectivity index (χ1) is 21.6. The van der Waals surface area contributed by atoms with Crippen molar-refractivity contribution in [2.75, 3.05) is 12.0 Å². The van der Waals surface area contributed by atoms with Crippen molar-refractivity contribution in [2.24, 2.45) is 14.1 Å². The smallest absolute Gasteiger partial charge is 0.332 e. The molecule has 2 aromatic heterocycles. The molecule has 0 aliphatic carbocycles. The van der Waals surface area contributed by atoms with Gasteiger partial charge in [0.25, 0.3) is 11.5 Å². The summed E-state index contributed by atoms with van der Waals surface area (Å²) in [5.41, 5.74) is 1.22. The van der Waals surface area contributed by atoms with Crippen molar-refractivity contribution in [1.82, 2.24) is 18.7 Å². The molecule has 1 saturated heterocycles. The van der Waals surface area contributed by atoms with Crippen LogP contribution in [0.3, 0.4) is 0 Å². The van der Waals surface area contributed by atoms with Gasteiger partial charge in [0.1, 0.15) is 0 Å². The minimum absolute atomic E-state index is 0.0316. The van der Waals surface area contributed by atoms with Gasteiger partial charge in [0.05, 0.1) is 24.2 Å². The molecule has 0 N–H and O–H groups in total. The molecule has 6 rings (SSSR count). The molecular formula is C31H23Cl2N5O5S2. The third-order valence-electron chi connectivity index (χ3n) is 7.15. The third-order valence-corrected chi connectivity index (χ3v) is 9.04. The van der Waals surface area contributed by atoms with Gasteiger partial charge in [0, 0.05) is 24.1 Å². The Hall–Kier alpha value is -4.36. The van der Waals surface area contributed by atoms with Gasteiger partial charge in [-0.1, -0.05) is 77.5 Å². The molecule has 1 amide bonds. The monoisotopic (exact) mass is 679 g/mol. The number of nitrogens with zero attached hydrogens (tertiary/aromatic N) is 5. The zero-order valence-corrected chi connectivity index (χ0v) is 27.1. The van der Waals surface area contributed by atoms with Crippen LogP contribution in [0.15, 0.2) is 81.2 Å². The third kappa shape index (κ3) is 5.66. The topological polar surface area (TPSA) is 101 Å². The Morgan fingerprint density at radius 2 is 1.71 bits per heavy atom. The Kier molecular flexibility index (Phi) is 8.31. The normalized spacial score (nSPS) is 14.2. The van der Waals surface area contributed by atoms with E-state index in [0.717, 1.165) is 4.57 Å². The van der Waals surface area contributed by atoms with Gasteiger partial charge in [-0.2, -0.15) is 4.98 Å². The zero-order chi connectivity index (χ0) is 32.0. The van der Waals surface area contributed by atoms with E-state index >= 15 is 0 Å². The van der Waals surface area contributed by atoms with E-state index in [9.17, 15) is 14.4 Å². The van der Waals surface area contributed by atoms with Crippen molar-refractivity contribution in [3.63, 3.8) is 0 Å². The summed E-state index contributed by atoms with van der Waals surface area (Å²) in [7, 11) is 4.40. The number of benzene rings is 3. The Balaban J connectivity index is 1.39. The fourth-order valence-corrected chi connectivity index (χ4v) is 6.61. The molecule has 0 atom stereocenters. The number of aromatic nitrogens is 4. The maximum Gasteiger partial charge on any atom is 0.332 e. The standard InChI is InChI=1S/C31H23Cl2N5O5S2/c1-35-26-25(28(40)36(2)30(35)41)37(16-18-10-11-19(32)15-21(18)33)29(34-26)43-22-12-9-17(13-23(22)42-3)14-24-27(39)38(31(44)45-24)20-7-5-4-6-8-20/h4-15H,16H2,1-3H3/b24-14-. The summed E-state index contributed by atoms with van der Waals surface area (Å²) in [6, 6.07) is 19.4. The summed E-state index contributed by atoms with van der Waals surface area (Å²) in [5.74, 6) is 0.400. The summed E-state index contributed by atoms with van der Waals surface area (Å²) in [5, 5.41) is 0.845. The van der Waals surface area contributed by atoms with E-state index in [2.05, 4.69) is 4.98 Å². The minimum Gasteiger partial charge on any atom is -0.493 e. The van der Waals surface area contributed by atoms with Crippen LogP contribution in [0.25, 0.3) is 17.2 Å². The Bertz CT molecular complexity index is 2180. The van der Waals surface area contributed by atoms with Crippen LogP contribution in [0, 0.1) is 0 Å². The molecule has 0 radical (unpaired) electrons.